The highest BCUT2D eigenvalue weighted by Crippen LogP contribution is 2.18. The van der Waals surface area contributed by atoms with Crippen LogP contribution >= 0.6 is 0 Å². The maximum atomic E-state index is 12.2. The van der Waals surface area contributed by atoms with E-state index in [0.29, 0.717) is 11.3 Å². The molecule has 0 saturated carbocycles. The predicted octanol–water partition coefficient (Wildman–Crippen LogP) is 2.77. The molecule has 0 heterocycles. The largest absolute Gasteiger partial charge is 0.497 e. The molecule has 0 aliphatic rings. The number of para-hydroxylation sites is 1. The normalized spacial score (nSPS) is 11.7. The van der Waals surface area contributed by atoms with Crippen LogP contribution in [-0.4, -0.2) is 13.0 Å². The Morgan fingerprint density at radius 3 is 2.40 bits per heavy atom. The molecule has 1 unspecified atom stereocenters. The van der Waals surface area contributed by atoms with Crippen molar-refractivity contribution in [2.24, 2.45) is 0 Å². The number of anilines is 1. The summed E-state index contributed by atoms with van der Waals surface area (Å²) in [6.45, 7) is 1.93. The Labute approximate surface area is 118 Å². The summed E-state index contributed by atoms with van der Waals surface area (Å²) in [5.74, 6) is 0.617. The number of carbonyl (C=O) groups is 1. The van der Waals surface area contributed by atoms with Crippen LogP contribution in [-0.2, 0) is 0 Å². The van der Waals surface area contributed by atoms with E-state index < -0.39 is 0 Å². The van der Waals surface area contributed by atoms with Crippen molar-refractivity contribution < 1.29 is 9.53 Å². The number of nitrogens with two attached hydrogens (primary N) is 1. The van der Waals surface area contributed by atoms with Gasteiger partial charge in [-0.3, -0.25) is 4.79 Å². The van der Waals surface area contributed by atoms with Gasteiger partial charge in [0, 0.05) is 5.69 Å². The molecule has 20 heavy (non-hydrogen) atoms. The molecule has 0 radical (unpaired) electrons. The second kappa shape index (κ2) is 6.10. The van der Waals surface area contributed by atoms with Crippen molar-refractivity contribution in [3.63, 3.8) is 0 Å². The van der Waals surface area contributed by atoms with Crippen LogP contribution in [0.2, 0.25) is 0 Å². The molecule has 104 valence electrons. The Kier molecular flexibility index (Phi) is 4.25. The lowest BCUT2D eigenvalue weighted by atomic mass is 10.1. The molecular formula is C16H18N2O2. The monoisotopic (exact) mass is 270 g/mol. The number of ether oxygens (including phenoxy) is 1. The van der Waals surface area contributed by atoms with Crippen LogP contribution in [0.25, 0.3) is 0 Å². The molecule has 0 fully saturated rings. The number of amides is 1. The number of nitrogens with one attached hydrogen (secondary N) is 1. The zero-order chi connectivity index (χ0) is 14.5. The summed E-state index contributed by atoms with van der Waals surface area (Å²) >= 11 is 0. The average molecular weight is 270 g/mol. The van der Waals surface area contributed by atoms with Gasteiger partial charge in [-0.05, 0) is 36.8 Å². The minimum atomic E-state index is -0.175. The lowest BCUT2D eigenvalue weighted by Gasteiger charge is -2.15. The third-order valence-corrected chi connectivity index (χ3v) is 3.17. The van der Waals surface area contributed by atoms with E-state index in [2.05, 4.69) is 5.32 Å². The smallest absolute Gasteiger partial charge is 0.253 e. The quantitative estimate of drug-likeness (QED) is 0.840. The van der Waals surface area contributed by atoms with Gasteiger partial charge in [-0.25, -0.2) is 0 Å². The number of benzene rings is 2. The molecule has 0 bridgehead atoms. The fraction of sp³-hybridized carbons (Fsp3) is 0.188. The Morgan fingerprint density at radius 2 is 1.80 bits per heavy atom. The summed E-state index contributed by atoms with van der Waals surface area (Å²) in [7, 11) is 1.62. The summed E-state index contributed by atoms with van der Waals surface area (Å²) in [4.78, 5) is 12.2. The first-order chi connectivity index (χ1) is 9.61. The van der Waals surface area contributed by atoms with Gasteiger partial charge in [0.05, 0.1) is 18.7 Å². The van der Waals surface area contributed by atoms with Gasteiger partial charge in [-0.15, -0.1) is 0 Å². The Morgan fingerprint density at radius 1 is 1.15 bits per heavy atom. The highest BCUT2D eigenvalue weighted by atomic mass is 16.5. The summed E-state index contributed by atoms with van der Waals surface area (Å²) in [5, 5.41) is 2.93. The van der Waals surface area contributed by atoms with Gasteiger partial charge in [-0.1, -0.05) is 24.3 Å². The number of rotatable bonds is 4. The maximum Gasteiger partial charge on any atom is 0.253 e. The predicted molar refractivity (Wildman–Crippen MR) is 79.7 cm³/mol. The van der Waals surface area contributed by atoms with Crippen molar-refractivity contribution in [1.29, 1.82) is 0 Å². The second-order valence-electron chi connectivity index (χ2n) is 4.56. The fourth-order valence-corrected chi connectivity index (χ4v) is 1.95. The van der Waals surface area contributed by atoms with Gasteiger partial charge in [-0.2, -0.15) is 0 Å². The van der Waals surface area contributed by atoms with Gasteiger partial charge in [0.1, 0.15) is 5.75 Å². The summed E-state index contributed by atoms with van der Waals surface area (Å²) in [6.07, 6.45) is 0. The lowest BCUT2D eigenvalue weighted by molar-refractivity contribution is 0.0941. The summed E-state index contributed by atoms with van der Waals surface area (Å²) < 4.78 is 5.11. The first kappa shape index (κ1) is 13.9. The molecule has 0 spiro atoms. The minimum Gasteiger partial charge on any atom is -0.497 e. The third-order valence-electron chi connectivity index (χ3n) is 3.17. The second-order valence-corrected chi connectivity index (χ2v) is 4.56. The van der Waals surface area contributed by atoms with E-state index in [4.69, 9.17) is 10.5 Å². The van der Waals surface area contributed by atoms with Crippen molar-refractivity contribution >= 4 is 11.6 Å². The van der Waals surface area contributed by atoms with E-state index in [0.717, 1.165) is 11.3 Å². The van der Waals surface area contributed by atoms with E-state index in [1.807, 2.05) is 31.2 Å². The zero-order valence-electron chi connectivity index (χ0n) is 11.6. The van der Waals surface area contributed by atoms with E-state index in [1.165, 1.54) is 0 Å². The molecular weight excluding hydrogens is 252 g/mol. The van der Waals surface area contributed by atoms with Crippen LogP contribution in [0.1, 0.15) is 28.9 Å². The number of hydrogen-bond donors (Lipinski definition) is 2. The van der Waals surface area contributed by atoms with E-state index in [9.17, 15) is 4.79 Å². The van der Waals surface area contributed by atoms with Crippen LogP contribution in [0.15, 0.2) is 48.5 Å². The standard InChI is InChI=1S/C16H18N2O2/c1-11(12-7-9-13(20-2)10-8-12)18-16(19)14-5-3-4-6-15(14)17/h3-11H,17H2,1-2H3,(H,18,19). The molecule has 0 saturated heterocycles. The topological polar surface area (TPSA) is 64.3 Å². The van der Waals surface area contributed by atoms with Gasteiger partial charge in [0.15, 0.2) is 0 Å². The third kappa shape index (κ3) is 3.09. The van der Waals surface area contributed by atoms with Gasteiger partial charge in [0.25, 0.3) is 5.91 Å². The molecule has 4 nitrogen and oxygen atoms in total. The molecule has 1 atom stereocenters. The van der Waals surface area contributed by atoms with Gasteiger partial charge >= 0.3 is 0 Å². The number of nitrogen functional groups attached to an aromatic ring is 1. The molecule has 2 aromatic rings. The summed E-state index contributed by atoms with van der Waals surface area (Å²) in [5.41, 5.74) is 7.78. The van der Waals surface area contributed by atoms with E-state index in [-0.39, 0.29) is 11.9 Å². The van der Waals surface area contributed by atoms with Crippen LogP contribution < -0.4 is 15.8 Å². The van der Waals surface area contributed by atoms with Crippen molar-refractivity contribution in [2.45, 2.75) is 13.0 Å². The molecule has 0 aromatic heterocycles. The van der Waals surface area contributed by atoms with Crippen molar-refractivity contribution in [1.82, 2.24) is 5.32 Å². The Bertz CT molecular complexity index is 594. The van der Waals surface area contributed by atoms with Crippen molar-refractivity contribution in [2.75, 3.05) is 12.8 Å². The Balaban J connectivity index is 2.09. The van der Waals surface area contributed by atoms with E-state index >= 15 is 0 Å². The average Bonchev–Trinajstić information content (AvgIpc) is 2.47. The van der Waals surface area contributed by atoms with Crippen molar-refractivity contribution in [3.05, 3.63) is 59.7 Å². The Hall–Kier alpha value is -2.49. The molecule has 0 aliphatic heterocycles. The highest BCUT2D eigenvalue weighted by Gasteiger charge is 2.13. The lowest BCUT2D eigenvalue weighted by Crippen LogP contribution is -2.27. The van der Waals surface area contributed by atoms with Gasteiger partial charge < -0.3 is 15.8 Å². The highest BCUT2D eigenvalue weighted by molar-refractivity contribution is 5.99. The van der Waals surface area contributed by atoms with Crippen molar-refractivity contribution in [3.8, 4) is 5.75 Å². The fourth-order valence-electron chi connectivity index (χ4n) is 1.95. The SMILES string of the molecule is COc1ccc(C(C)NC(=O)c2ccccc2N)cc1. The molecule has 1 amide bonds. The van der Waals surface area contributed by atoms with E-state index in [1.54, 1.807) is 31.4 Å². The van der Waals surface area contributed by atoms with Crippen LogP contribution in [0.3, 0.4) is 0 Å². The van der Waals surface area contributed by atoms with Crippen LogP contribution in [0.5, 0.6) is 5.75 Å². The zero-order valence-corrected chi connectivity index (χ0v) is 11.6. The van der Waals surface area contributed by atoms with Gasteiger partial charge in [0.2, 0.25) is 0 Å². The number of hydrogen-bond acceptors (Lipinski definition) is 3. The molecule has 2 aromatic carbocycles. The first-order valence-corrected chi connectivity index (χ1v) is 6.41. The maximum absolute atomic E-state index is 12.2. The number of methoxy groups -OCH3 is 1. The number of carbonyl (C=O) groups excluding carboxylic acids is 1. The minimum absolute atomic E-state index is 0.104. The molecule has 2 rings (SSSR count). The first-order valence-electron chi connectivity index (χ1n) is 6.41. The molecule has 3 N–H and O–H groups in total. The van der Waals surface area contributed by atoms with Crippen LogP contribution in [0.4, 0.5) is 5.69 Å². The summed E-state index contributed by atoms with van der Waals surface area (Å²) in [6, 6.07) is 14.5. The molecule has 4 heteroatoms. The van der Waals surface area contributed by atoms with Crippen LogP contribution in [0, 0.1) is 0 Å². The molecule has 0 aliphatic carbocycles.